The summed E-state index contributed by atoms with van der Waals surface area (Å²) in [7, 11) is 0. The molecular formula is C17H23NO2. The van der Waals surface area contributed by atoms with Crippen LogP contribution in [-0.2, 0) is 0 Å². The summed E-state index contributed by atoms with van der Waals surface area (Å²) in [5.41, 5.74) is 0.943. The molecule has 2 N–H and O–H groups in total. The molecule has 1 aliphatic carbocycles. The van der Waals surface area contributed by atoms with Gasteiger partial charge in [0.25, 0.3) is 0 Å². The number of para-hydroxylation sites is 1. The van der Waals surface area contributed by atoms with Crippen LogP contribution in [0.3, 0.4) is 0 Å². The first-order valence-electron chi connectivity index (χ1n) is 7.63. The highest BCUT2D eigenvalue weighted by atomic mass is 16.3. The van der Waals surface area contributed by atoms with E-state index in [1.807, 2.05) is 18.2 Å². The van der Waals surface area contributed by atoms with Crippen LogP contribution in [0, 0.1) is 5.92 Å². The van der Waals surface area contributed by atoms with Crippen LogP contribution >= 0.6 is 0 Å². The number of aliphatic hydroxyl groups is 1. The number of furan rings is 1. The first kappa shape index (κ1) is 13.7. The summed E-state index contributed by atoms with van der Waals surface area (Å²) in [5, 5.41) is 14.3. The zero-order valence-electron chi connectivity index (χ0n) is 12.0. The summed E-state index contributed by atoms with van der Waals surface area (Å²) in [6.45, 7) is 2.42. The molecule has 2 aromatic rings. The Morgan fingerprint density at radius 1 is 1.30 bits per heavy atom. The normalized spacial score (nSPS) is 24.9. The van der Waals surface area contributed by atoms with Gasteiger partial charge in [-0.3, -0.25) is 0 Å². The molecule has 20 heavy (non-hydrogen) atoms. The van der Waals surface area contributed by atoms with Crippen molar-refractivity contribution < 1.29 is 9.52 Å². The molecule has 0 spiro atoms. The lowest BCUT2D eigenvalue weighted by molar-refractivity contribution is 0.145. The maximum atomic E-state index is 9.50. The first-order valence-corrected chi connectivity index (χ1v) is 7.63. The molecule has 1 saturated carbocycles. The second kappa shape index (κ2) is 5.98. The van der Waals surface area contributed by atoms with Gasteiger partial charge in [0.05, 0.1) is 6.04 Å². The quantitative estimate of drug-likeness (QED) is 0.894. The first-order chi connectivity index (χ1) is 9.78. The molecule has 0 bridgehead atoms. The van der Waals surface area contributed by atoms with E-state index >= 15 is 0 Å². The number of benzene rings is 1. The Morgan fingerprint density at radius 2 is 2.10 bits per heavy atom. The van der Waals surface area contributed by atoms with Gasteiger partial charge < -0.3 is 14.8 Å². The largest absolute Gasteiger partial charge is 0.459 e. The molecule has 3 nitrogen and oxygen atoms in total. The van der Waals surface area contributed by atoms with Gasteiger partial charge in [-0.2, -0.15) is 0 Å². The number of fused-ring (bicyclic) bond motifs is 1. The van der Waals surface area contributed by atoms with Gasteiger partial charge in [0, 0.05) is 18.0 Å². The lowest BCUT2D eigenvalue weighted by Gasteiger charge is -2.32. The minimum absolute atomic E-state index is 0.180. The number of aliphatic hydroxyl groups excluding tert-OH is 1. The van der Waals surface area contributed by atoms with Gasteiger partial charge in [0.15, 0.2) is 0 Å². The highest BCUT2D eigenvalue weighted by molar-refractivity contribution is 5.77. The van der Waals surface area contributed by atoms with Crippen LogP contribution < -0.4 is 5.32 Å². The Morgan fingerprint density at radius 3 is 2.90 bits per heavy atom. The van der Waals surface area contributed by atoms with E-state index in [-0.39, 0.29) is 12.6 Å². The van der Waals surface area contributed by atoms with Gasteiger partial charge in [-0.15, -0.1) is 0 Å². The van der Waals surface area contributed by atoms with E-state index < -0.39 is 0 Å². The lowest BCUT2D eigenvalue weighted by atomic mass is 9.84. The third kappa shape index (κ3) is 2.74. The van der Waals surface area contributed by atoms with Crippen molar-refractivity contribution in [1.29, 1.82) is 0 Å². The van der Waals surface area contributed by atoms with E-state index in [1.54, 1.807) is 0 Å². The molecule has 0 amide bonds. The van der Waals surface area contributed by atoms with Gasteiger partial charge in [-0.25, -0.2) is 0 Å². The Labute approximate surface area is 120 Å². The smallest absolute Gasteiger partial charge is 0.134 e. The standard InChI is InChI=1S/C17H23NO2/c1-12(18-15-8-4-2-7-14(15)11-19)17-10-13-6-3-5-9-16(13)20-17/h3,5-6,9-10,12,14-15,18-19H,2,4,7-8,11H2,1H3. The second-order valence-electron chi connectivity index (χ2n) is 5.91. The number of nitrogens with one attached hydrogen (secondary N) is 1. The molecule has 0 radical (unpaired) electrons. The summed E-state index contributed by atoms with van der Waals surface area (Å²) in [4.78, 5) is 0. The van der Waals surface area contributed by atoms with Gasteiger partial charge in [0.1, 0.15) is 11.3 Å². The summed E-state index contributed by atoms with van der Waals surface area (Å²) >= 11 is 0. The Bertz CT molecular complexity index is 530. The van der Waals surface area contributed by atoms with Crippen molar-refractivity contribution in [2.75, 3.05) is 6.61 Å². The minimum atomic E-state index is 0.180. The molecule has 1 aromatic heterocycles. The van der Waals surface area contributed by atoms with Crippen molar-refractivity contribution in [3.63, 3.8) is 0 Å². The Balaban J connectivity index is 1.73. The van der Waals surface area contributed by atoms with Gasteiger partial charge in [0.2, 0.25) is 0 Å². The number of hydrogen-bond donors (Lipinski definition) is 2. The molecule has 0 saturated heterocycles. The van der Waals surface area contributed by atoms with Crippen LogP contribution in [0.1, 0.15) is 44.4 Å². The third-order valence-electron chi connectivity index (χ3n) is 4.48. The average Bonchev–Trinajstić information content (AvgIpc) is 2.92. The van der Waals surface area contributed by atoms with Crippen LogP contribution in [0.2, 0.25) is 0 Å². The monoisotopic (exact) mass is 273 g/mol. The van der Waals surface area contributed by atoms with E-state index in [0.29, 0.717) is 12.0 Å². The minimum Gasteiger partial charge on any atom is -0.459 e. The molecular weight excluding hydrogens is 250 g/mol. The molecule has 1 fully saturated rings. The third-order valence-corrected chi connectivity index (χ3v) is 4.48. The molecule has 108 valence electrons. The number of rotatable bonds is 4. The Hall–Kier alpha value is -1.32. The zero-order chi connectivity index (χ0) is 13.9. The van der Waals surface area contributed by atoms with Crippen LogP contribution in [0.4, 0.5) is 0 Å². The predicted octanol–water partition coefficient (Wildman–Crippen LogP) is 3.63. The Kier molecular flexibility index (Phi) is 4.08. The highest BCUT2D eigenvalue weighted by Crippen LogP contribution is 2.28. The second-order valence-corrected chi connectivity index (χ2v) is 5.91. The molecule has 1 aromatic carbocycles. The number of hydrogen-bond acceptors (Lipinski definition) is 3. The maximum absolute atomic E-state index is 9.50. The average molecular weight is 273 g/mol. The van der Waals surface area contributed by atoms with Crippen LogP contribution in [0.25, 0.3) is 11.0 Å². The van der Waals surface area contributed by atoms with Crippen molar-refractivity contribution in [2.45, 2.75) is 44.7 Å². The predicted molar refractivity (Wildman–Crippen MR) is 80.6 cm³/mol. The SMILES string of the molecule is CC(NC1CCCCC1CO)c1cc2ccccc2o1. The van der Waals surface area contributed by atoms with Gasteiger partial charge >= 0.3 is 0 Å². The van der Waals surface area contributed by atoms with E-state index in [0.717, 1.165) is 29.6 Å². The van der Waals surface area contributed by atoms with E-state index in [9.17, 15) is 5.11 Å². The summed E-state index contributed by atoms with van der Waals surface area (Å²) < 4.78 is 5.92. The lowest BCUT2D eigenvalue weighted by Crippen LogP contribution is -2.41. The van der Waals surface area contributed by atoms with E-state index in [2.05, 4.69) is 24.4 Å². The van der Waals surface area contributed by atoms with Gasteiger partial charge in [-0.1, -0.05) is 31.0 Å². The molecule has 1 heterocycles. The fraction of sp³-hybridized carbons (Fsp3) is 0.529. The molecule has 3 atom stereocenters. The molecule has 0 aliphatic heterocycles. The van der Waals surface area contributed by atoms with Crippen molar-refractivity contribution in [3.8, 4) is 0 Å². The molecule has 3 rings (SSSR count). The summed E-state index contributed by atoms with van der Waals surface area (Å²) in [5.74, 6) is 1.36. The topological polar surface area (TPSA) is 45.4 Å². The highest BCUT2D eigenvalue weighted by Gasteiger charge is 2.26. The van der Waals surface area contributed by atoms with E-state index in [1.165, 1.54) is 12.8 Å². The molecule has 3 unspecified atom stereocenters. The fourth-order valence-electron chi connectivity index (χ4n) is 3.26. The maximum Gasteiger partial charge on any atom is 0.134 e. The van der Waals surface area contributed by atoms with Crippen molar-refractivity contribution in [3.05, 3.63) is 36.1 Å². The van der Waals surface area contributed by atoms with Crippen molar-refractivity contribution in [2.24, 2.45) is 5.92 Å². The summed E-state index contributed by atoms with van der Waals surface area (Å²) in [6, 6.07) is 10.8. The zero-order valence-corrected chi connectivity index (χ0v) is 12.0. The van der Waals surface area contributed by atoms with Crippen LogP contribution in [0.15, 0.2) is 34.7 Å². The van der Waals surface area contributed by atoms with Crippen LogP contribution in [0.5, 0.6) is 0 Å². The van der Waals surface area contributed by atoms with Gasteiger partial charge in [-0.05, 0) is 37.8 Å². The van der Waals surface area contributed by atoms with Crippen LogP contribution in [-0.4, -0.2) is 17.8 Å². The van der Waals surface area contributed by atoms with Crippen molar-refractivity contribution in [1.82, 2.24) is 5.32 Å². The van der Waals surface area contributed by atoms with Crippen molar-refractivity contribution >= 4 is 11.0 Å². The molecule has 1 aliphatic rings. The fourth-order valence-corrected chi connectivity index (χ4v) is 3.26. The van der Waals surface area contributed by atoms with E-state index in [4.69, 9.17) is 4.42 Å². The summed E-state index contributed by atoms with van der Waals surface area (Å²) in [6.07, 6.45) is 4.76. The molecule has 3 heteroatoms.